The molecule has 0 radical (unpaired) electrons. The first kappa shape index (κ1) is 19.0. The predicted octanol–water partition coefficient (Wildman–Crippen LogP) is 5.53. The molecule has 0 saturated carbocycles. The summed E-state index contributed by atoms with van der Waals surface area (Å²) in [6.45, 7) is 1.75. The summed E-state index contributed by atoms with van der Waals surface area (Å²) in [4.78, 5) is 17.1. The second kappa shape index (κ2) is 7.60. The molecule has 4 rings (SSSR count). The number of ether oxygens (including phenoxy) is 1. The molecule has 2 N–H and O–H groups in total. The van der Waals surface area contributed by atoms with Crippen LogP contribution in [0.5, 0.6) is 11.5 Å². The highest BCUT2D eigenvalue weighted by molar-refractivity contribution is 9.10. The van der Waals surface area contributed by atoms with E-state index in [2.05, 4.69) is 26.2 Å². The summed E-state index contributed by atoms with van der Waals surface area (Å²) in [7, 11) is 1.56. The number of benzene rings is 3. The van der Waals surface area contributed by atoms with E-state index in [-0.39, 0.29) is 17.5 Å². The fourth-order valence-electron chi connectivity index (χ4n) is 3.01. The molecule has 0 aliphatic rings. The Morgan fingerprint density at radius 2 is 1.97 bits per heavy atom. The second-order valence-corrected chi connectivity index (χ2v) is 7.33. The predicted molar refractivity (Wildman–Crippen MR) is 114 cm³/mol. The number of aromatic nitrogens is 1. The molecule has 146 valence electrons. The van der Waals surface area contributed by atoms with Crippen molar-refractivity contribution in [2.75, 3.05) is 12.4 Å². The number of fused-ring (bicyclic) bond motifs is 1. The summed E-state index contributed by atoms with van der Waals surface area (Å²) in [6, 6.07) is 15.8. The Bertz CT molecular complexity index is 1200. The maximum Gasteiger partial charge on any atom is 0.255 e. The Kier molecular flexibility index (Phi) is 4.98. The van der Waals surface area contributed by atoms with Gasteiger partial charge in [0.15, 0.2) is 5.58 Å². The Morgan fingerprint density at radius 1 is 1.17 bits per heavy atom. The third-order valence-electron chi connectivity index (χ3n) is 4.50. The number of rotatable bonds is 4. The van der Waals surface area contributed by atoms with Crippen LogP contribution >= 0.6 is 15.9 Å². The molecule has 29 heavy (non-hydrogen) atoms. The number of aryl methyl sites for hydroxylation is 1. The highest BCUT2D eigenvalue weighted by Gasteiger charge is 2.17. The van der Waals surface area contributed by atoms with Crippen molar-refractivity contribution in [3.63, 3.8) is 0 Å². The highest BCUT2D eigenvalue weighted by atomic mass is 79.9. The number of carbonyl (C=O) groups excluding carboxylic acids is 1. The lowest BCUT2D eigenvalue weighted by Crippen LogP contribution is -2.12. The second-order valence-electron chi connectivity index (χ2n) is 6.48. The summed E-state index contributed by atoms with van der Waals surface area (Å²) in [5, 5.41) is 13.4. The van der Waals surface area contributed by atoms with Gasteiger partial charge in [0.1, 0.15) is 17.0 Å². The lowest BCUT2D eigenvalue weighted by molar-refractivity contribution is 0.102. The SMILES string of the molecule is COc1ccc(C(=O)Nc2cc(C)c(O)c(-c3nc4ccccc4o3)c2)cc1Br. The molecular formula is C22H17BrN2O4. The van der Waals surface area contributed by atoms with Crippen molar-refractivity contribution in [3.8, 4) is 23.0 Å². The number of aromatic hydroxyl groups is 1. The normalized spacial score (nSPS) is 10.9. The molecule has 6 nitrogen and oxygen atoms in total. The van der Waals surface area contributed by atoms with E-state index in [0.717, 1.165) is 0 Å². The van der Waals surface area contributed by atoms with Gasteiger partial charge in [-0.1, -0.05) is 12.1 Å². The van der Waals surface area contributed by atoms with Crippen molar-refractivity contribution in [3.05, 3.63) is 70.2 Å². The molecule has 0 bridgehead atoms. The van der Waals surface area contributed by atoms with Crippen LogP contribution in [0.3, 0.4) is 0 Å². The molecule has 0 unspecified atom stereocenters. The molecule has 1 aromatic heterocycles. The monoisotopic (exact) mass is 452 g/mol. The van der Waals surface area contributed by atoms with E-state index in [1.165, 1.54) is 0 Å². The number of carbonyl (C=O) groups is 1. The fourth-order valence-corrected chi connectivity index (χ4v) is 3.55. The first-order valence-electron chi connectivity index (χ1n) is 8.80. The van der Waals surface area contributed by atoms with Crippen LogP contribution in [0, 0.1) is 6.92 Å². The molecule has 0 fully saturated rings. The average molecular weight is 453 g/mol. The zero-order valence-corrected chi connectivity index (χ0v) is 17.3. The van der Waals surface area contributed by atoms with Crippen LogP contribution in [-0.2, 0) is 0 Å². The maximum atomic E-state index is 12.7. The van der Waals surface area contributed by atoms with Gasteiger partial charge in [-0.3, -0.25) is 4.79 Å². The number of hydrogen-bond donors (Lipinski definition) is 2. The molecule has 0 atom stereocenters. The van der Waals surface area contributed by atoms with Crippen LogP contribution in [-0.4, -0.2) is 23.1 Å². The van der Waals surface area contributed by atoms with E-state index in [1.54, 1.807) is 44.4 Å². The van der Waals surface area contributed by atoms with Gasteiger partial charge in [0.25, 0.3) is 5.91 Å². The molecule has 0 spiro atoms. The van der Waals surface area contributed by atoms with Crippen molar-refractivity contribution in [1.29, 1.82) is 0 Å². The van der Waals surface area contributed by atoms with Crippen LogP contribution in [0.2, 0.25) is 0 Å². The van der Waals surface area contributed by atoms with E-state index >= 15 is 0 Å². The molecule has 3 aromatic carbocycles. The van der Waals surface area contributed by atoms with Gasteiger partial charge in [-0.2, -0.15) is 0 Å². The first-order chi connectivity index (χ1) is 14.0. The van der Waals surface area contributed by atoms with Crippen LogP contribution in [0.4, 0.5) is 5.69 Å². The van der Waals surface area contributed by atoms with Gasteiger partial charge in [0.05, 0.1) is 17.1 Å². The van der Waals surface area contributed by atoms with Crippen molar-refractivity contribution in [2.45, 2.75) is 6.92 Å². The molecule has 7 heteroatoms. The summed E-state index contributed by atoms with van der Waals surface area (Å²) in [5.41, 5.74) is 3.30. The smallest absolute Gasteiger partial charge is 0.255 e. The van der Waals surface area contributed by atoms with Gasteiger partial charge in [-0.25, -0.2) is 4.98 Å². The van der Waals surface area contributed by atoms with Crippen molar-refractivity contribution >= 4 is 38.6 Å². The number of nitrogens with one attached hydrogen (secondary N) is 1. The number of halogens is 1. The van der Waals surface area contributed by atoms with Gasteiger partial charge < -0.3 is 19.6 Å². The number of hydrogen-bond acceptors (Lipinski definition) is 5. The van der Waals surface area contributed by atoms with Gasteiger partial charge in [0.2, 0.25) is 5.89 Å². The zero-order valence-electron chi connectivity index (χ0n) is 15.7. The molecular weight excluding hydrogens is 436 g/mol. The van der Waals surface area contributed by atoms with Gasteiger partial charge >= 0.3 is 0 Å². The lowest BCUT2D eigenvalue weighted by atomic mass is 10.1. The number of methoxy groups -OCH3 is 1. The number of amides is 1. The van der Waals surface area contributed by atoms with E-state index in [1.807, 2.05) is 24.3 Å². The molecule has 1 amide bonds. The zero-order chi connectivity index (χ0) is 20.5. The van der Waals surface area contributed by atoms with Crippen LogP contribution < -0.4 is 10.1 Å². The summed E-state index contributed by atoms with van der Waals surface area (Å²) in [6.07, 6.45) is 0. The van der Waals surface area contributed by atoms with Crippen molar-refractivity contribution in [1.82, 2.24) is 4.98 Å². The van der Waals surface area contributed by atoms with Gasteiger partial charge in [0, 0.05) is 11.3 Å². The van der Waals surface area contributed by atoms with E-state index in [0.29, 0.717) is 43.7 Å². The molecule has 0 saturated heterocycles. The summed E-state index contributed by atoms with van der Waals surface area (Å²) in [5.74, 6) is 0.694. The average Bonchev–Trinajstić information content (AvgIpc) is 3.14. The number of phenolic OH excluding ortho intramolecular Hbond substituents is 1. The highest BCUT2D eigenvalue weighted by Crippen LogP contribution is 2.36. The number of nitrogens with zero attached hydrogens (tertiary/aromatic N) is 1. The van der Waals surface area contributed by atoms with Gasteiger partial charge in [-0.05, 0) is 70.9 Å². The third-order valence-corrected chi connectivity index (χ3v) is 5.12. The van der Waals surface area contributed by atoms with Gasteiger partial charge in [-0.15, -0.1) is 0 Å². The first-order valence-corrected chi connectivity index (χ1v) is 9.60. The third kappa shape index (κ3) is 3.69. The Hall–Kier alpha value is -3.32. The van der Waals surface area contributed by atoms with Crippen molar-refractivity contribution in [2.24, 2.45) is 0 Å². The van der Waals surface area contributed by atoms with Crippen LogP contribution in [0.25, 0.3) is 22.6 Å². The Labute approximate surface area is 175 Å². The van der Waals surface area contributed by atoms with E-state index in [4.69, 9.17) is 9.15 Å². The standard InChI is InChI=1S/C22H17BrN2O4/c1-12-9-14(24-21(27)13-7-8-18(28-2)16(23)10-13)11-15(20(12)26)22-25-17-5-3-4-6-19(17)29-22/h3-11,26H,1-2H3,(H,24,27). The molecule has 4 aromatic rings. The van der Waals surface area contributed by atoms with Crippen molar-refractivity contribution < 1.29 is 19.1 Å². The summed E-state index contributed by atoms with van der Waals surface area (Å²) >= 11 is 3.38. The minimum absolute atomic E-state index is 0.0572. The van der Waals surface area contributed by atoms with E-state index in [9.17, 15) is 9.90 Å². The number of oxazole rings is 1. The van der Waals surface area contributed by atoms with E-state index < -0.39 is 0 Å². The van der Waals surface area contributed by atoms with Crippen LogP contribution in [0.15, 0.2) is 63.5 Å². The minimum atomic E-state index is -0.290. The number of para-hydroxylation sites is 2. The molecule has 1 heterocycles. The largest absolute Gasteiger partial charge is 0.507 e. The van der Waals surface area contributed by atoms with Crippen LogP contribution in [0.1, 0.15) is 15.9 Å². The lowest BCUT2D eigenvalue weighted by Gasteiger charge is -2.11. The fraction of sp³-hybridized carbons (Fsp3) is 0.0909. The Balaban J connectivity index is 1.68. The number of anilines is 1. The molecule has 0 aliphatic carbocycles. The minimum Gasteiger partial charge on any atom is -0.507 e. The molecule has 0 aliphatic heterocycles. The number of phenols is 1. The topological polar surface area (TPSA) is 84.6 Å². The Morgan fingerprint density at radius 3 is 2.69 bits per heavy atom. The maximum absolute atomic E-state index is 12.7. The quantitative estimate of drug-likeness (QED) is 0.397. The summed E-state index contributed by atoms with van der Waals surface area (Å²) < 4.78 is 11.6.